The summed E-state index contributed by atoms with van der Waals surface area (Å²) in [6.45, 7) is 7.24. The molecular weight excluding hydrogens is 662 g/mol. The van der Waals surface area contributed by atoms with E-state index in [1.54, 1.807) is 67.8 Å². The number of methoxy groups -OCH3 is 1. The molecule has 1 spiro atoms. The molecular formula is C41H45N3O8. The van der Waals surface area contributed by atoms with Crippen molar-refractivity contribution in [3.63, 3.8) is 0 Å². The van der Waals surface area contributed by atoms with Gasteiger partial charge in [0.1, 0.15) is 23.5 Å². The number of nitrogens with one attached hydrogen (secondary N) is 1. The molecule has 272 valence electrons. The quantitative estimate of drug-likeness (QED) is 0.162. The topological polar surface area (TPSA) is 135 Å². The zero-order valence-corrected chi connectivity index (χ0v) is 29.3. The van der Waals surface area contributed by atoms with E-state index in [0.717, 1.165) is 0 Å². The minimum atomic E-state index is -1.36. The zero-order valence-electron chi connectivity index (χ0n) is 29.3. The van der Waals surface area contributed by atoms with Gasteiger partial charge in [-0.15, -0.1) is 13.2 Å². The number of anilines is 1. The van der Waals surface area contributed by atoms with Gasteiger partial charge in [-0.2, -0.15) is 0 Å². The summed E-state index contributed by atoms with van der Waals surface area (Å²) >= 11 is 0. The number of hydrogen-bond donors (Lipinski definition) is 2. The number of benzene rings is 3. The van der Waals surface area contributed by atoms with E-state index in [2.05, 4.69) is 18.5 Å². The van der Waals surface area contributed by atoms with E-state index in [9.17, 15) is 19.5 Å². The summed E-state index contributed by atoms with van der Waals surface area (Å²) in [4.78, 5) is 59.8. The maximum atomic E-state index is 15.0. The van der Waals surface area contributed by atoms with Crippen molar-refractivity contribution in [2.45, 2.75) is 55.6 Å². The van der Waals surface area contributed by atoms with Crippen LogP contribution in [-0.4, -0.2) is 78.3 Å². The third kappa shape index (κ3) is 6.86. The van der Waals surface area contributed by atoms with Crippen LogP contribution in [0.3, 0.4) is 0 Å². The van der Waals surface area contributed by atoms with Gasteiger partial charge in [-0.1, -0.05) is 72.8 Å². The van der Waals surface area contributed by atoms with Crippen LogP contribution in [-0.2, 0) is 28.7 Å². The molecule has 2 N–H and O–H groups in total. The number of allylic oxidation sites excluding steroid dienone is 1. The summed E-state index contributed by atoms with van der Waals surface area (Å²) < 4.78 is 18.2. The summed E-state index contributed by atoms with van der Waals surface area (Å²) in [6, 6.07) is 23.0. The third-order valence-electron chi connectivity index (χ3n) is 10.4. The number of hydrogen-bond acceptors (Lipinski definition) is 8. The SMILES string of the molecule is C=CCCC(=O)NC[C@H](OC(=O)[C@@H]1[C@H]2C(=O)N([C@H](CO)c3ccccc3)[C@H](C(=O)N(CC=C)c3ccc(OC)cc3)[C@]23CC[C@H]1O3)c1ccccc1. The molecule has 3 amide bonds. The van der Waals surface area contributed by atoms with Crippen molar-refractivity contribution in [2.75, 3.05) is 31.7 Å². The van der Waals surface area contributed by atoms with Crippen molar-refractivity contribution in [3.8, 4) is 5.75 Å². The van der Waals surface area contributed by atoms with Gasteiger partial charge in [0.15, 0.2) is 0 Å². The normalized spacial score (nSPS) is 24.0. The van der Waals surface area contributed by atoms with Gasteiger partial charge in [-0.05, 0) is 54.7 Å². The Morgan fingerprint density at radius 3 is 2.31 bits per heavy atom. The van der Waals surface area contributed by atoms with Crippen LogP contribution in [0.15, 0.2) is 110 Å². The van der Waals surface area contributed by atoms with Crippen LogP contribution < -0.4 is 15.0 Å². The van der Waals surface area contributed by atoms with Crippen molar-refractivity contribution >= 4 is 29.4 Å². The molecule has 3 fully saturated rings. The van der Waals surface area contributed by atoms with Gasteiger partial charge in [0.05, 0.1) is 44.2 Å². The Morgan fingerprint density at radius 2 is 1.69 bits per heavy atom. The maximum Gasteiger partial charge on any atom is 0.313 e. The number of nitrogens with zero attached hydrogens (tertiary/aromatic N) is 2. The van der Waals surface area contributed by atoms with Crippen molar-refractivity contribution in [1.29, 1.82) is 0 Å². The molecule has 2 bridgehead atoms. The highest BCUT2D eigenvalue weighted by molar-refractivity contribution is 6.05. The third-order valence-corrected chi connectivity index (χ3v) is 10.4. The van der Waals surface area contributed by atoms with E-state index in [1.807, 2.05) is 36.4 Å². The highest BCUT2D eigenvalue weighted by atomic mass is 16.6. The predicted octanol–water partition coefficient (Wildman–Crippen LogP) is 4.69. The van der Waals surface area contributed by atoms with E-state index in [0.29, 0.717) is 41.8 Å². The molecule has 11 heteroatoms. The van der Waals surface area contributed by atoms with E-state index in [-0.39, 0.29) is 25.4 Å². The molecule has 0 saturated carbocycles. The Balaban J connectivity index is 1.37. The van der Waals surface area contributed by atoms with Crippen LogP contribution >= 0.6 is 0 Å². The van der Waals surface area contributed by atoms with Crippen LogP contribution in [0, 0.1) is 11.8 Å². The number of carbonyl (C=O) groups excluding carboxylic acids is 4. The lowest BCUT2D eigenvalue weighted by Gasteiger charge is -2.39. The fourth-order valence-electron chi connectivity index (χ4n) is 8.01. The summed E-state index contributed by atoms with van der Waals surface area (Å²) in [5.74, 6) is -3.20. The number of likely N-dealkylation sites (tertiary alicyclic amines) is 1. The Hall–Kier alpha value is -5.26. The van der Waals surface area contributed by atoms with Gasteiger partial charge >= 0.3 is 5.97 Å². The number of aliphatic hydroxyl groups excluding tert-OH is 1. The minimum Gasteiger partial charge on any atom is -0.497 e. The van der Waals surface area contributed by atoms with Crippen LogP contribution in [0.5, 0.6) is 5.75 Å². The lowest BCUT2D eigenvalue weighted by atomic mass is 9.70. The first kappa shape index (κ1) is 36.5. The van der Waals surface area contributed by atoms with E-state index in [4.69, 9.17) is 14.2 Å². The molecule has 0 aromatic heterocycles. The van der Waals surface area contributed by atoms with Gasteiger partial charge in [-0.25, -0.2) is 0 Å². The molecule has 3 saturated heterocycles. The van der Waals surface area contributed by atoms with Crippen LogP contribution in [0.1, 0.15) is 49.0 Å². The van der Waals surface area contributed by atoms with Crippen molar-refractivity contribution in [3.05, 3.63) is 121 Å². The van der Waals surface area contributed by atoms with Crippen LogP contribution in [0.25, 0.3) is 0 Å². The molecule has 3 aromatic carbocycles. The Morgan fingerprint density at radius 1 is 1.02 bits per heavy atom. The highest BCUT2D eigenvalue weighted by Gasteiger charge is 2.76. The summed E-state index contributed by atoms with van der Waals surface area (Å²) in [6.07, 6.45) is 3.28. The second kappa shape index (κ2) is 16.0. The second-order valence-corrected chi connectivity index (χ2v) is 13.3. The van der Waals surface area contributed by atoms with Gasteiger partial charge in [-0.3, -0.25) is 19.2 Å². The Kier molecular flexibility index (Phi) is 11.2. The highest BCUT2D eigenvalue weighted by Crippen LogP contribution is 2.60. The van der Waals surface area contributed by atoms with Crippen molar-refractivity contribution in [1.82, 2.24) is 10.2 Å². The number of aliphatic hydroxyl groups is 1. The maximum absolute atomic E-state index is 15.0. The van der Waals surface area contributed by atoms with Crippen molar-refractivity contribution in [2.24, 2.45) is 11.8 Å². The molecule has 3 aliphatic rings. The second-order valence-electron chi connectivity index (χ2n) is 13.3. The minimum absolute atomic E-state index is 0.0277. The van der Waals surface area contributed by atoms with Gasteiger partial charge in [0, 0.05) is 18.7 Å². The van der Waals surface area contributed by atoms with Gasteiger partial charge < -0.3 is 34.4 Å². The van der Waals surface area contributed by atoms with E-state index >= 15 is 4.79 Å². The zero-order chi connectivity index (χ0) is 36.8. The average Bonchev–Trinajstić information content (AvgIpc) is 3.83. The average molecular weight is 708 g/mol. The summed E-state index contributed by atoms with van der Waals surface area (Å²) in [5, 5.41) is 13.7. The molecule has 3 heterocycles. The van der Waals surface area contributed by atoms with E-state index in [1.165, 1.54) is 9.80 Å². The summed E-state index contributed by atoms with van der Waals surface area (Å²) in [7, 11) is 1.56. The first-order chi connectivity index (χ1) is 25.3. The first-order valence-electron chi connectivity index (χ1n) is 17.6. The fraction of sp³-hybridized carbons (Fsp3) is 0.366. The lowest BCUT2D eigenvalue weighted by molar-refractivity contribution is -0.161. The van der Waals surface area contributed by atoms with Crippen molar-refractivity contribution < 1.29 is 38.5 Å². The smallest absolute Gasteiger partial charge is 0.313 e. The fourth-order valence-corrected chi connectivity index (χ4v) is 8.01. The van der Waals surface area contributed by atoms with E-state index < -0.39 is 66.1 Å². The molecule has 0 aliphatic carbocycles. The predicted molar refractivity (Wildman–Crippen MR) is 194 cm³/mol. The largest absolute Gasteiger partial charge is 0.497 e. The summed E-state index contributed by atoms with van der Waals surface area (Å²) in [5.41, 5.74) is 0.507. The monoisotopic (exact) mass is 707 g/mol. The number of carbonyl (C=O) groups is 4. The molecule has 3 aliphatic heterocycles. The van der Waals surface area contributed by atoms with Gasteiger partial charge in [0.2, 0.25) is 11.8 Å². The lowest BCUT2D eigenvalue weighted by Crippen LogP contribution is -2.57. The number of ether oxygens (including phenoxy) is 3. The molecule has 0 radical (unpaired) electrons. The van der Waals surface area contributed by atoms with Crippen LogP contribution in [0.4, 0.5) is 5.69 Å². The Labute approximate surface area is 303 Å². The molecule has 0 unspecified atom stereocenters. The molecule has 11 nitrogen and oxygen atoms in total. The number of esters is 1. The van der Waals surface area contributed by atoms with Crippen LogP contribution in [0.2, 0.25) is 0 Å². The number of amides is 3. The molecule has 7 atom stereocenters. The first-order valence-corrected chi connectivity index (χ1v) is 17.6. The Bertz CT molecular complexity index is 1770. The molecule has 3 aromatic rings. The standard InChI is InChI=1S/C41H45N3O8/c1-4-6-17-34(46)42-25-33(28-15-11-8-12-16-28)51-40(49)35-32-22-23-41(52-32)36(35)38(47)44(31(26-45)27-13-9-7-10-14-27)37(41)39(48)43(24-5-2)29-18-20-30(50-3)21-19-29/h4-5,7-16,18-21,31-33,35-37,45H,1-2,6,17,22-26H2,3H3,(H,42,46)/t31-,32-,33+,35+,36+,37-,41+/m1/s1. The van der Waals surface area contributed by atoms with Gasteiger partial charge in [0.25, 0.3) is 5.91 Å². The number of fused-ring (bicyclic) bond motifs is 1. The molecule has 52 heavy (non-hydrogen) atoms. The molecule has 6 rings (SSSR count). The number of rotatable bonds is 16.